The Labute approximate surface area is 83.4 Å². The molecule has 0 amide bonds. The van der Waals surface area contributed by atoms with E-state index in [0.717, 1.165) is 18.6 Å². The molecule has 1 aliphatic rings. The highest BCUT2D eigenvalue weighted by molar-refractivity contribution is 8.00. The molecule has 1 fully saturated rings. The molecule has 0 radical (unpaired) electrons. The van der Waals surface area contributed by atoms with Crippen LogP contribution in [-0.4, -0.2) is 30.1 Å². The van der Waals surface area contributed by atoms with Crippen molar-refractivity contribution in [3.05, 3.63) is 0 Å². The van der Waals surface area contributed by atoms with Crippen LogP contribution in [0.2, 0.25) is 0 Å². The number of thioether (sulfide) groups is 1. The molecule has 13 heavy (non-hydrogen) atoms. The summed E-state index contributed by atoms with van der Waals surface area (Å²) in [6.45, 7) is 1.95. The summed E-state index contributed by atoms with van der Waals surface area (Å²) < 4.78 is 4.75. The van der Waals surface area contributed by atoms with Gasteiger partial charge in [-0.15, -0.1) is 11.8 Å². The Bertz CT molecular complexity index is 180. The number of nitrogens with two attached hydrogens (primary N) is 1. The first kappa shape index (κ1) is 10.9. The Hall–Kier alpha value is -0.220. The van der Waals surface area contributed by atoms with E-state index in [9.17, 15) is 4.79 Å². The van der Waals surface area contributed by atoms with Crippen LogP contribution in [0.1, 0.15) is 19.8 Å². The van der Waals surface area contributed by atoms with E-state index in [-0.39, 0.29) is 17.3 Å². The van der Waals surface area contributed by atoms with Crippen LogP contribution in [0.3, 0.4) is 0 Å². The quantitative estimate of drug-likeness (QED) is 0.678. The molecule has 2 unspecified atom stereocenters. The molecule has 0 spiro atoms. The molecular weight excluding hydrogens is 186 g/mol. The number of ether oxygens (including phenoxy) is 1. The lowest BCUT2D eigenvalue weighted by molar-refractivity contribution is -0.140. The Morgan fingerprint density at radius 2 is 2.31 bits per heavy atom. The highest BCUT2D eigenvalue weighted by Gasteiger charge is 2.37. The first-order chi connectivity index (χ1) is 6.15. The van der Waals surface area contributed by atoms with Crippen LogP contribution in [0.15, 0.2) is 0 Å². The van der Waals surface area contributed by atoms with Crippen molar-refractivity contribution in [2.24, 2.45) is 11.7 Å². The van der Waals surface area contributed by atoms with Gasteiger partial charge in [0, 0.05) is 11.8 Å². The summed E-state index contributed by atoms with van der Waals surface area (Å²) in [4.78, 5) is 11.3. The topological polar surface area (TPSA) is 52.3 Å². The first-order valence-corrected chi connectivity index (χ1v) is 5.65. The van der Waals surface area contributed by atoms with Crippen LogP contribution in [0, 0.1) is 5.92 Å². The second-order valence-electron chi connectivity index (χ2n) is 3.59. The zero-order valence-corrected chi connectivity index (χ0v) is 8.97. The van der Waals surface area contributed by atoms with Gasteiger partial charge in [0.05, 0.1) is 7.11 Å². The molecule has 1 saturated carbocycles. The fourth-order valence-electron chi connectivity index (χ4n) is 1.17. The Morgan fingerprint density at radius 3 is 2.69 bits per heavy atom. The van der Waals surface area contributed by atoms with Crippen molar-refractivity contribution in [1.29, 1.82) is 0 Å². The van der Waals surface area contributed by atoms with Crippen LogP contribution < -0.4 is 5.73 Å². The predicted molar refractivity (Wildman–Crippen MR) is 54.6 cm³/mol. The molecular formula is C9H17NO2S. The third kappa shape index (κ3) is 3.56. The maximum absolute atomic E-state index is 11.3. The van der Waals surface area contributed by atoms with Gasteiger partial charge in [0.25, 0.3) is 0 Å². The zero-order valence-electron chi connectivity index (χ0n) is 8.16. The number of methoxy groups -OCH3 is 1. The van der Waals surface area contributed by atoms with E-state index in [0.29, 0.717) is 5.92 Å². The zero-order chi connectivity index (χ0) is 9.84. The maximum Gasteiger partial charge on any atom is 0.319 e. The van der Waals surface area contributed by atoms with E-state index in [1.165, 1.54) is 7.11 Å². The van der Waals surface area contributed by atoms with Crippen molar-refractivity contribution in [2.45, 2.75) is 31.1 Å². The largest absolute Gasteiger partial charge is 0.468 e. The summed E-state index contributed by atoms with van der Waals surface area (Å²) in [5, 5.41) is 0.0241. The minimum atomic E-state index is -0.0897. The van der Waals surface area contributed by atoms with Crippen molar-refractivity contribution in [2.75, 3.05) is 12.9 Å². The maximum atomic E-state index is 11.3. The van der Waals surface area contributed by atoms with Gasteiger partial charge in [-0.05, 0) is 25.7 Å². The van der Waals surface area contributed by atoms with Gasteiger partial charge in [-0.25, -0.2) is 0 Å². The molecule has 0 aromatic rings. The molecule has 0 saturated heterocycles. The van der Waals surface area contributed by atoms with E-state index in [4.69, 9.17) is 10.5 Å². The SMILES string of the molecule is COC(=O)C(SCC(C)N)C1CC1. The summed E-state index contributed by atoms with van der Waals surface area (Å²) >= 11 is 1.63. The molecule has 3 nitrogen and oxygen atoms in total. The average Bonchev–Trinajstić information content (AvgIpc) is 2.87. The summed E-state index contributed by atoms with van der Waals surface area (Å²) in [6, 6.07) is 0.149. The van der Waals surface area contributed by atoms with Crippen LogP contribution in [0.25, 0.3) is 0 Å². The van der Waals surface area contributed by atoms with Crippen LogP contribution >= 0.6 is 11.8 Å². The van der Waals surface area contributed by atoms with E-state index in [1.807, 2.05) is 6.92 Å². The highest BCUT2D eigenvalue weighted by Crippen LogP contribution is 2.39. The smallest absolute Gasteiger partial charge is 0.319 e. The van der Waals surface area contributed by atoms with Gasteiger partial charge in [0.2, 0.25) is 0 Å². The second kappa shape index (κ2) is 4.86. The van der Waals surface area contributed by atoms with Crippen molar-refractivity contribution >= 4 is 17.7 Å². The number of rotatable bonds is 5. The lowest BCUT2D eigenvalue weighted by Gasteiger charge is -2.14. The Kier molecular flexibility index (Phi) is 4.06. The van der Waals surface area contributed by atoms with E-state index < -0.39 is 0 Å². The molecule has 0 aliphatic heterocycles. The third-order valence-corrected chi connectivity index (χ3v) is 3.68. The molecule has 2 atom stereocenters. The van der Waals surface area contributed by atoms with Gasteiger partial charge < -0.3 is 10.5 Å². The first-order valence-electron chi connectivity index (χ1n) is 4.60. The van der Waals surface area contributed by atoms with Crippen molar-refractivity contribution < 1.29 is 9.53 Å². The normalized spacial score (nSPS) is 20.8. The Morgan fingerprint density at radius 1 is 1.69 bits per heavy atom. The van der Waals surface area contributed by atoms with Gasteiger partial charge in [-0.2, -0.15) is 0 Å². The lowest BCUT2D eigenvalue weighted by atomic mass is 10.3. The number of hydrogen-bond donors (Lipinski definition) is 1. The summed E-state index contributed by atoms with van der Waals surface area (Å²) in [5.74, 6) is 1.28. The third-order valence-electron chi connectivity index (χ3n) is 2.02. The van der Waals surface area contributed by atoms with Crippen LogP contribution in [-0.2, 0) is 9.53 Å². The molecule has 0 bridgehead atoms. The van der Waals surface area contributed by atoms with Crippen molar-refractivity contribution in [3.8, 4) is 0 Å². The summed E-state index contributed by atoms with van der Waals surface area (Å²) in [6.07, 6.45) is 2.32. The molecule has 1 aliphatic carbocycles. The standard InChI is InChI=1S/C9H17NO2S/c1-6(10)5-13-8(7-3-4-7)9(11)12-2/h6-8H,3-5,10H2,1-2H3. The molecule has 0 aromatic carbocycles. The fourth-order valence-corrected chi connectivity index (χ4v) is 2.45. The Balaban J connectivity index is 2.33. The molecule has 1 rings (SSSR count). The summed E-state index contributed by atoms with van der Waals surface area (Å²) in [5.41, 5.74) is 5.63. The number of carbonyl (C=O) groups excluding carboxylic acids is 1. The number of carbonyl (C=O) groups is 1. The molecule has 4 heteroatoms. The number of esters is 1. The minimum absolute atomic E-state index is 0.0241. The van der Waals surface area contributed by atoms with Gasteiger partial charge in [-0.1, -0.05) is 0 Å². The number of hydrogen-bond acceptors (Lipinski definition) is 4. The predicted octanol–water partition coefficient (Wildman–Crippen LogP) is 1.02. The van der Waals surface area contributed by atoms with Gasteiger partial charge >= 0.3 is 5.97 Å². The second-order valence-corrected chi connectivity index (χ2v) is 4.77. The van der Waals surface area contributed by atoms with Crippen LogP contribution in [0.4, 0.5) is 0 Å². The molecule has 76 valence electrons. The van der Waals surface area contributed by atoms with Gasteiger partial charge in [-0.3, -0.25) is 4.79 Å². The van der Waals surface area contributed by atoms with Crippen LogP contribution in [0.5, 0.6) is 0 Å². The van der Waals surface area contributed by atoms with E-state index in [1.54, 1.807) is 11.8 Å². The lowest BCUT2D eigenvalue weighted by Crippen LogP contribution is -2.25. The van der Waals surface area contributed by atoms with Crippen molar-refractivity contribution in [3.63, 3.8) is 0 Å². The van der Waals surface area contributed by atoms with E-state index in [2.05, 4.69) is 0 Å². The van der Waals surface area contributed by atoms with Gasteiger partial charge in [0.1, 0.15) is 5.25 Å². The monoisotopic (exact) mass is 203 g/mol. The summed E-state index contributed by atoms with van der Waals surface area (Å²) in [7, 11) is 1.45. The highest BCUT2D eigenvalue weighted by atomic mass is 32.2. The van der Waals surface area contributed by atoms with Crippen molar-refractivity contribution in [1.82, 2.24) is 0 Å². The molecule has 2 N–H and O–H groups in total. The van der Waals surface area contributed by atoms with E-state index >= 15 is 0 Å². The fraction of sp³-hybridized carbons (Fsp3) is 0.889. The molecule has 0 heterocycles. The van der Waals surface area contributed by atoms with Gasteiger partial charge in [0.15, 0.2) is 0 Å². The minimum Gasteiger partial charge on any atom is -0.468 e. The molecule has 0 aromatic heterocycles. The average molecular weight is 203 g/mol.